The summed E-state index contributed by atoms with van der Waals surface area (Å²) in [7, 11) is 1.44. The number of methoxy groups -OCH3 is 1. The van der Waals surface area contributed by atoms with Crippen LogP contribution in [0.25, 0.3) is 16.8 Å². The van der Waals surface area contributed by atoms with Gasteiger partial charge in [0.15, 0.2) is 0 Å². The summed E-state index contributed by atoms with van der Waals surface area (Å²) in [5.41, 5.74) is 1.62. The number of pyridine rings is 2. The van der Waals surface area contributed by atoms with E-state index in [1.54, 1.807) is 54.8 Å². The quantitative estimate of drug-likeness (QED) is 0.309. The number of amides is 1. The van der Waals surface area contributed by atoms with Crippen molar-refractivity contribution in [3.8, 4) is 28.8 Å². The number of fused-ring (bicyclic) bond motifs is 1. The molecule has 0 aliphatic rings. The summed E-state index contributed by atoms with van der Waals surface area (Å²) in [6, 6.07) is 10.6. The number of carbonyl (C=O) groups is 2. The number of ether oxygens (including phenoxy) is 3. The Bertz CT molecular complexity index is 1650. The highest BCUT2D eigenvalue weighted by Crippen LogP contribution is 2.33. The molecular formula is C27H24ClN5O6. The molecule has 3 aromatic heterocycles. The van der Waals surface area contributed by atoms with E-state index in [2.05, 4.69) is 16.4 Å². The van der Waals surface area contributed by atoms with Crippen molar-refractivity contribution >= 4 is 35.0 Å². The molecule has 4 rings (SSSR count). The molecule has 0 bridgehead atoms. The maximum Gasteiger partial charge on any atom is 0.515 e. The van der Waals surface area contributed by atoms with Crippen molar-refractivity contribution in [2.75, 3.05) is 19.0 Å². The molecule has 0 fully saturated rings. The number of nitrogens with zero attached hydrogens (tertiary/aromatic N) is 4. The molecular weight excluding hydrogens is 526 g/mol. The number of hydrogen-bond acceptors (Lipinski definition) is 8. The smallest absolute Gasteiger partial charge is 0.495 e. The molecule has 1 aromatic carbocycles. The molecule has 12 heteroatoms. The molecule has 1 N–H and O–H groups in total. The summed E-state index contributed by atoms with van der Waals surface area (Å²) in [6.07, 6.45) is 3.95. The van der Waals surface area contributed by atoms with Gasteiger partial charge >= 0.3 is 6.16 Å². The molecule has 1 amide bonds. The third kappa shape index (κ3) is 5.86. The lowest BCUT2D eigenvalue weighted by Crippen LogP contribution is -2.32. The Hall–Kier alpha value is -4.82. The average molecular weight is 550 g/mol. The maximum atomic E-state index is 13.3. The van der Waals surface area contributed by atoms with Crippen LogP contribution in [0, 0.1) is 11.3 Å². The number of aromatic nitrogens is 3. The molecule has 0 aliphatic heterocycles. The van der Waals surface area contributed by atoms with Crippen LogP contribution in [0.15, 0.2) is 59.8 Å². The fraction of sp³-hybridized carbons (Fsp3) is 0.222. The van der Waals surface area contributed by atoms with Gasteiger partial charge in [-0.05, 0) is 43.7 Å². The Labute approximate surface area is 228 Å². The van der Waals surface area contributed by atoms with Crippen molar-refractivity contribution in [3.63, 3.8) is 0 Å². The van der Waals surface area contributed by atoms with Gasteiger partial charge in [-0.25, -0.2) is 4.79 Å². The van der Waals surface area contributed by atoms with Gasteiger partial charge < -0.3 is 23.9 Å². The zero-order chi connectivity index (χ0) is 28.1. The number of anilines is 1. The highest BCUT2D eigenvalue weighted by molar-refractivity contribution is 6.31. The molecule has 39 heavy (non-hydrogen) atoms. The van der Waals surface area contributed by atoms with Crippen LogP contribution < -0.4 is 20.3 Å². The summed E-state index contributed by atoms with van der Waals surface area (Å²) in [5, 5.41) is 12.7. The van der Waals surface area contributed by atoms with Crippen molar-refractivity contribution in [2.24, 2.45) is 0 Å². The van der Waals surface area contributed by atoms with Crippen LogP contribution in [0.4, 0.5) is 10.5 Å². The average Bonchev–Trinajstić information content (AvgIpc) is 3.31. The summed E-state index contributed by atoms with van der Waals surface area (Å²) >= 11 is 6.13. The van der Waals surface area contributed by atoms with E-state index in [4.69, 9.17) is 25.8 Å². The molecule has 0 spiro atoms. The van der Waals surface area contributed by atoms with Gasteiger partial charge in [0, 0.05) is 28.4 Å². The first kappa shape index (κ1) is 27.2. The lowest BCUT2D eigenvalue weighted by Gasteiger charge is -2.20. The van der Waals surface area contributed by atoms with E-state index in [1.807, 2.05) is 0 Å². The molecule has 11 nitrogen and oxygen atoms in total. The first-order chi connectivity index (χ1) is 18.8. The van der Waals surface area contributed by atoms with Gasteiger partial charge in [-0.3, -0.25) is 14.2 Å². The van der Waals surface area contributed by atoms with E-state index in [9.17, 15) is 19.6 Å². The number of rotatable bonds is 8. The number of benzene rings is 1. The number of hydrogen-bond donors (Lipinski definition) is 1. The number of carbonyl (C=O) groups excluding carboxylic acids is 2. The van der Waals surface area contributed by atoms with E-state index < -0.39 is 23.7 Å². The molecule has 4 aromatic rings. The Kier molecular flexibility index (Phi) is 8.17. The number of imidazole rings is 1. The van der Waals surface area contributed by atoms with Crippen LogP contribution in [0.2, 0.25) is 5.02 Å². The van der Waals surface area contributed by atoms with E-state index in [0.29, 0.717) is 45.2 Å². The normalized spacial score (nSPS) is 11.5. The van der Waals surface area contributed by atoms with Crippen LogP contribution in [0.3, 0.4) is 0 Å². The van der Waals surface area contributed by atoms with Crippen molar-refractivity contribution in [3.05, 3.63) is 75.9 Å². The maximum absolute atomic E-state index is 13.3. The first-order valence-electron chi connectivity index (χ1n) is 11.9. The number of nitrogens with one attached hydrogen (secondary N) is 1. The second-order valence-corrected chi connectivity index (χ2v) is 8.70. The van der Waals surface area contributed by atoms with Crippen LogP contribution in [0.5, 0.6) is 11.6 Å². The van der Waals surface area contributed by atoms with Gasteiger partial charge in [0.25, 0.3) is 5.56 Å². The molecule has 0 aliphatic carbocycles. The van der Waals surface area contributed by atoms with Crippen LogP contribution in [0.1, 0.15) is 31.9 Å². The van der Waals surface area contributed by atoms with Crippen LogP contribution in [-0.2, 0) is 9.53 Å². The largest absolute Gasteiger partial charge is 0.515 e. The lowest BCUT2D eigenvalue weighted by molar-refractivity contribution is -0.119. The van der Waals surface area contributed by atoms with Gasteiger partial charge in [-0.2, -0.15) is 10.2 Å². The molecule has 1 unspecified atom stereocenters. The fourth-order valence-corrected chi connectivity index (χ4v) is 4.21. The first-order valence-corrected chi connectivity index (χ1v) is 12.3. The highest BCUT2D eigenvalue weighted by Gasteiger charge is 2.23. The standard InChI is InChI=1S/C27H24ClN5O6/c1-4-21(26(35)30-18-8-9-23-31-24(15-32(23)13-18)39-27(36)38-5-2)33-14-22(37-3)20(11-25(33)34)19-10-17(28)7-6-16(19)12-29/h6-11,13-15,21H,4-5H2,1-3H3,(H,30,35). The highest BCUT2D eigenvalue weighted by atomic mass is 35.5. The van der Waals surface area contributed by atoms with Crippen molar-refractivity contribution in [1.82, 2.24) is 14.0 Å². The van der Waals surface area contributed by atoms with Crippen molar-refractivity contribution in [2.45, 2.75) is 26.3 Å². The Balaban J connectivity index is 1.61. The van der Waals surface area contributed by atoms with Gasteiger partial charge in [-0.15, -0.1) is 0 Å². The Morgan fingerprint density at radius 3 is 2.62 bits per heavy atom. The molecule has 0 saturated heterocycles. The summed E-state index contributed by atoms with van der Waals surface area (Å²) in [5.74, 6) is -0.0905. The molecule has 200 valence electrons. The topological polar surface area (TPSA) is 137 Å². The summed E-state index contributed by atoms with van der Waals surface area (Å²) in [4.78, 5) is 42.2. The predicted octanol–water partition coefficient (Wildman–Crippen LogP) is 4.82. The molecule has 3 heterocycles. The summed E-state index contributed by atoms with van der Waals surface area (Å²) in [6.45, 7) is 3.60. The number of nitriles is 1. The van der Waals surface area contributed by atoms with Gasteiger partial charge in [0.2, 0.25) is 11.8 Å². The fourth-order valence-electron chi connectivity index (χ4n) is 4.04. The van der Waals surface area contributed by atoms with E-state index in [0.717, 1.165) is 0 Å². The third-order valence-corrected chi connectivity index (χ3v) is 6.06. The van der Waals surface area contributed by atoms with Crippen molar-refractivity contribution in [1.29, 1.82) is 5.26 Å². The van der Waals surface area contributed by atoms with Gasteiger partial charge in [-0.1, -0.05) is 18.5 Å². The van der Waals surface area contributed by atoms with Gasteiger partial charge in [0.1, 0.15) is 17.4 Å². The van der Waals surface area contributed by atoms with Crippen LogP contribution in [-0.4, -0.2) is 39.7 Å². The van der Waals surface area contributed by atoms with Crippen molar-refractivity contribution < 1.29 is 23.8 Å². The SMILES string of the molecule is CCOC(=O)Oc1cn2cc(NC(=O)C(CC)n3cc(OC)c(-c4cc(Cl)ccc4C#N)cc3=O)ccc2n1. The van der Waals surface area contributed by atoms with E-state index >= 15 is 0 Å². The Morgan fingerprint density at radius 1 is 1.13 bits per heavy atom. The summed E-state index contributed by atoms with van der Waals surface area (Å²) < 4.78 is 18.2. The second-order valence-electron chi connectivity index (χ2n) is 8.26. The second kappa shape index (κ2) is 11.7. The minimum absolute atomic E-state index is 0.0429. The molecule has 0 radical (unpaired) electrons. The van der Waals surface area contributed by atoms with E-state index in [1.165, 1.54) is 30.1 Å². The lowest BCUT2D eigenvalue weighted by atomic mass is 10.00. The number of halogens is 1. The third-order valence-electron chi connectivity index (χ3n) is 5.83. The monoisotopic (exact) mass is 549 g/mol. The molecule has 1 atom stereocenters. The zero-order valence-corrected chi connectivity index (χ0v) is 22.1. The minimum atomic E-state index is -0.869. The minimum Gasteiger partial charge on any atom is -0.495 e. The molecule has 0 saturated carbocycles. The van der Waals surface area contributed by atoms with E-state index in [-0.39, 0.29) is 12.5 Å². The Morgan fingerprint density at radius 2 is 1.92 bits per heavy atom. The van der Waals surface area contributed by atoms with Gasteiger partial charge in [0.05, 0.1) is 43.4 Å². The predicted molar refractivity (Wildman–Crippen MR) is 143 cm³/mol. The van der Waals surface area contributed by atoms with Crippen LogP contribution >= 0.6 is 11.6 Å². The zero-order valence-electron chi connectivity index (χ0n) is 21.3.